The maximum absolute atomic E-state index is 9.12. The zero-order valence-corrected chi connectivity index (χ0v) is 5.95. The number of amidine groups is 1. The Labute approximate surface area is 59.7 Å². The van der Waals surface area contributed by atoms with E-state index in [1.54, 1.807) is 0 Å². The first-order chi connectivity index (χ1) is 4.68. The fourth-order valence-electron chi connectivity index (χ4n) is 0.951. The molecule has 0 aromatic rings. The molecule has 1 aliphatic rings. The number of hydrogen-bond donors (Lipinski definition) is 2. The Hall–Kier alpha value is -0.770. The summed E-state index contributed by atoms with van der Waals surface area (Å²) in [6.45, 7) is 2.16. The minimum absolute atomic E-state index is 0.0671. The molecule has 0 radical (unpaired) electrons. The average molecular weight is 144 g/mol. The Morgan fingerprint density at radius 3 is 3.20 bits per heavy atom. The van der Waals surface area contributed by atoms with Gasteiger partial charge in [0.15, 0.2) is 0 Å². The molecule has 0 aromatic carbocycles. The van der Waals surface area contributed by atoms with Crippen LogP contribution in [0.3, 0.4) is 0 Å². The molecule has 10 heavy (non-hydrogen) atoms. The first-order valence-electron chi connectivity index (χ1n) is 3.32. The number of nitrogens with zero attached hydrogens (tertiary/aromatic N) is 1. The summed E-state index contributed by atoms with van der Waals surface area (Å²) in [6, 6.07) is 0.251. The zero-order valence-electron chi connectivity index (χ0n) is 5.95. The second-order valence-electron chi connectivity index (χ2n) is 2.52. The van der Waals surface area contributed by atoms with Crippen LogP contribution in [-0.4, -0.2) is 29.9 Å². The van der Waals surface area contributed by atoms with Crippen molar-refractivity contribution in [3.05, 3.63) is 0 Å². The highest BCUT2D eigenvalue weighted by molar-refractivity contribution is 5.71. The predicted molar refractivity (Wildman–Crippen MR) is 37.7 cm³/mol. The van der Waals surface area contributed by atoms with Crippen LogP contribution in [0.4, 0.5) is 0 Å². The van der Waals surface area contributed by atoms with Gasteiger partial charge in [0.1, 0.15) is 6.61 Å². The van der Waals surface area contributed by atoms with Gasteiger partial charge in [0.05, 0.1) is 12.1 Å². The van der Waals surface area contributed by atoms with Crippen LogP contribution in [-0.2, 0) is 4.74 Å². The first-order valence-corrected chi connectivity index (χ1v) is 3.32. The van der Waals surface area contributed by atoms with Crippen molar-refractivity contribution in [2.45, 2.75) is 25.5 Å². The fourth-order valence-corrected chi connectivity index (χ4v) is 0.951. The van der Waals surface area contributed by atoms with Crippen molar-refractivity contribution in [1.82, 2.24) is 0 Å². The number of aliphatic imine (C=N–C) groups is 1. The van der Waals surface area contributed by atoms with Crippen molar-refractivity contribution in [3.63, 3.8) is 0 Å². The van der Waals surface area contributed by atoms with E-state index in [2.05, 4.69) is 4.99 Å². The quantitative estimate of drug-likeness (QED) is 0.480. The van der Waals surface area contributed by atoms with E-state index >= 15 is 0 Å². The maximum Gasteiger partial charge on any atom is 0.282 e. The van der Waals surface area contributed by atoms with Gasteiger partial charge in [-0.15, -0.1) is 0 Å². The lowest BCUT2D eigenvalue weighted by molar-refractivity contribution is 0.0977. The molecule has 0 aromatic heterocycles. The van der Waals surface area contributed by atoms with Gasteiger partial charge in [-0.2, -0.15) is 0 Å². The molecule has 1 unspecified atom stereocenters. The molecule has 0 bridgehead atoms. The van der Waals surface area contributed by atoms with Gasteiger partial charge in [-0.1, -0.05) is 0 Å². The highest BCUT2D eigenvalue weighted by atomic mass is 16.5. The molecule has 0 saturated carbocycles. The van der Waals surface area contributed by atoms with E-state index in [9.17, 15) is 0 Å². The van der Waals surface area contributed by atoms with Gasteiger partial charge in [-0.25, -0.2) is 4.99 Å². The van der Waals surface area contributed by atoms with Gasteiger partial charge in [0, 0.05) is 0 Å². The monoisotopic (exact) mass is 144 g/mol. The molecular weight excluding hydrogens is 132 g/mol. The summed E-state index contributed by atoms with van der Waals surface area (Å²) in [5.41, 5.74) is 5.30. The summed E-state index contributed by atoms with van der Waals surface area (Å²) in [4.78, 5) is 3.94. The van der Waals surface area contributed by atoms with Gasteiger partial charge < -0.3 is 15.6 Å². The number of ether oxygens (including phenoxy) is 1. The van der Waals surface area contributed by atoms with E-state index in [-0.39, 0.29) is 18.7 Å². The molecule has 1 heterocycles. The third kappa shape index (κ3) is 1.88. The SMILES string of the molecule is C[C@H]1CC(O)COC(N)=N1. The molecule has 58 valence electrons. The van der Waals surface area contributed by atoms with Crippen LogP contribution in [0.25, 0.3) is 0 Å². The lowest BCUT2D eigenvalue weighted by Crippen LogP contribution is -2.20. The largest absolute Gasteiger partial charge is 0.463 e. The molecule has 0 spiro atoms. The molecule has 2 atom stereocenters. The van der Waals surface area contributed by atoms with Crippen molar-refractivity contribution >= 4 is 6.02 Å². The molecule has 4 heteroatoms. The third-order valence-electron chi connectivity index (χ3n) is 1.38. The van der Waals surface area contributed by atoms with E-state index in [0.717, 1.165) is 0 Å². The molecular formula is C6H12N2O2. The highest BCUT2D eigenvalue weighted by Crippen LogP contribution is 2.06. The second kappa shape index (κ2) is 2.88. The lowest BCUT2D eigenvalue weighted by atomic mass is 10.2. The Balaban J connectivity index is 2.53. The Bertz CT molecular complexity index is 147. The normalized spacial score (nSPS) is 34.0. The van der Waals surface area contributed by atoms with Gasteiger partial charge >= 0.3 is 0 Å². The Morgan fingerprint density at radius 2 is 2.50 bits per heavy atom. The standard InChI is InChI=1S/C6H12N2O2/c1-4-2-5(9)3-10-6(7)8-4/h4-5,9H,2-3H2,1H3,(H2,7,8)/t4-,5?/m0/s1. The van der Waals surface area contributed by atoms with Gasteiger partial charge in [0.25, 0.3) is 6.02 Å². The molecule has 1 aliphatic heterocycles. The van der Waals surface area contributed by atoms with Crippen molar-refractivity contribution < 1.29 is 9.84 Å². The maximum atomic E-state index is 9.12. The smallest absolute Gasteiger partial charge is 0.282 e. The summed E-state index contributed by atoms with van der Waals surface area (Å²) >= 11 is 0. The van der Waals surface area contributed by atoms with Crippen LogP contribution >= 0.6 is 0 Å². The topological polar surface area (TPSA) is 67.8 Å². The molecule has 1 rings (SSSR count). The molecule has 0 aliphatic carbocycles. The molecule has 4 nitrogen and oxygen atoms in total. The predicted octanol–water partition coefficient (Wildman–Crippen LogP) is -0.529. The third-order valence-corrected chi connectivity index (χ3v) is 1.38. The van der Waals surface area contributed by atoms with E-state index in [4.69, 9.17) is 15.6 Å². The second-order valence-corrected chi connectivity index (χ2v) is 2.52. The fraction of sp³-hybridized carbons (Fsp3) is 0.833. The molecule has 3 N–H and O–H groups in total. The summed E-state index contributed by atoms with van der Waals surface area (Å²) < 4.78 is 4.86. The van der Waals surface area contributed by atoms with Crippen molar-refractivity contribution in [3.8, 4) is 0 Å². The van der Waals surface area contributed by atoms with Crippen LogP contribution in [0.5, 0.6) is 0 Å². The van der Waals surface area contributed by atoms with Gasteiger partial charge in [-0.05, 0) is 13.3 Å². The van der Waals surface area contributed by atoms with E-state index in [1.807, 2.05) is 6.92 Å². The Kier molecular flexibility index (Phi) is 2.11. The number of aliphatic hydroxyl groups is 1. The van der Waals surface area contributed by atoms with Crippen LogP contribution in [0.15, 0.2) is 4.99 Å². The van der Waals surface area contributed by atoms with Crippen LogP contribution < -0.4 is 5.73 Å². The van der Waals surface area contributed by atoms with E-state index in [1.165, 1.54) is 0 Å². The van der Waals surface area contributed by atoms with Crippen LogP contribution in [0.1, 0.15) is 13.3 Å². The summed E-state index contributed by atoms with van der Waals surface area (Å²) in [5.74, 6) is 0. The lowest BCUT2D eigenvalue weighted by Gasteiger charge is -2.06. The minimum atomic E-state index is -0.431. The molecule has 0 amide bonds. The first kappa shape index (κ1) is 7.34. The number of aliphatic hydroxyl groups excluding tert-OH is 1. The number of rotatable bonds is 0. The zero-order chi connectivity index (χ0) is 7.56. The van der Waals surface area contributed by atoms with E-state index < -0.39 is 6.10 Å². The van der Waals surface area contributed by atoms with Crippen molar-refractivity contribution in [2.24, 2.45) is 10.7 Å². The number of nitrogens with two attached hydrogens (primary N) is 1. The average Bonchev–Trinajstić information content (AvgIpc) is 1.93. The van der Waals surface area contributed by atoms with Crippen LogP contribution in [0, 0.1) is 0 Å². The van der Waals surface area contributed by atoms with Gasteiger partial charge in [-0.3, -0.25) is 0 Å². The summed E-state index contributed by atoms with van der Waals surface area (Å²) in [6.07, 6.45) is 0.195. The summed E-state index contributed by atoms with van der Waals surface area (Å²) in [7, 11) is 0. The van der Waals surface area contributed by atoms with Gasteiger partial charge in [0.2, 0.25) is 0 Å². The van der Waals surface area contributed by atoms with Crippen LogP contribution in [0.2, 0.25) is 0 Å². The number of hydrogen-bond acceptors (Lipinski definition) is 4. The highest BCUT2D eigenvalue weighted by Gasteiger charge is 2.14. The van der Waals surface area contributed by atoms with Crippen molar-refractivity contribution in [1.29, 1.82) is 0 Å². The summed E-state index contributed by atoms with van der Waals surface area (Å²) in [5, 5.41) is 9.12. The van der Waals surface area contributed by atoms with Crippen molar-refractivity contribution in [2.75, 3.05) is 6.61 Å². The Morgan fingerprint density at radius 1 is 1.80 bits per heavy atom. The minimum Gasteiger partial charge on any atom is -0.463 e. The molecule has 0 saturated heterocycles. The van der Waals surface area contributed by atoms with E-state index in [0.29, 0.717) is 6.42 Å². The molecule has 0 fully saturated rings.